The first-order valence-corrected chi connectivity index (χ1v) is 6.40. The number of methoxy groups -OCH3 is 1. The van der Waals surface area contributed by atoms with Gasteiger partial charge in [-0.3, -0.25) is 4.90 Å². The Morgan fingerprint density at radius 2 is 1.87 bits per heavy atom. The molecule has 0 saturated heterocycles. The van der Waals surface area contributed by atoms with Crippen molar-refractivity contribution in [2.24, 2.45) is 0 Å². The van der Waals surface area contributed by atoms with E-state index in [2.05, 4.69) is 20.0 Å². The maximum Gasteiger partial charge on any atom is 0.433 e. The van der Waals surface area contributed by atoms with E-state index in [1.165, 1.54) is 19.1 Å². The molecule has 0 aliphatic carbocycles. The summed E-state index contributed by atoms with van der Waals surface area (Å²) < 4.78 is 42.4. The summed E-state index contributed by atoms with van der Waals surface area (Å²) >= 11 is 0. The third-order valence-electron chi connectivity index (χ3n) is 2.91. The number of hydrogen-bond donors (Lipinski definition) is 1. The minimum absolute atomic E-state index is 0.172. The van der Waals surface area contributed by atoms with E-state index in [-0.39, 0.29) is 5.95 Å². The lowest BCUT2D eigenvalue weighted by Crippen LogP contribution is -2.25. The van der Waals surface area contributed by atoms with Gasteiger partial charge >= 0.3 is 12.3 Å². The molecule has 1 aromatic heterocycles. The van der Waals surface area contributed by atoms with Crippen molar-refractivity contribution in [1.82, 2.24) is 9.97 Å². The van der Waals surface area contributed by atoms with Gasteiger partial charge in [0.1, 0.15) is 5.69 Å². The summed E-state index contributed by atoms with van der Waals surface area (Å²) in [4.78, 5) is 19.8. The van der Waals surface area contributed by atoms with Crippen LogP contribution in [0.25, 0.3) is 0 Å². The van der Waals surface area contributed by atoms with Crippen molar-refractivity contribution in [2.75, 3.05) is 24.4 Å². The third kappa shape index (κ3) is 4.09. The number of hydrogen-bond acceptors (Lipinski definition) is 5. The number of anilines is 3. The van der Waals surface area contributed by atoms with E-state index in [9.17, 15) is 18.0 Å². The number of amides is 1. The second-order valence-electron chi connectivity index (χ2n) is 4.46. The Bertz CT molecular complexity index is 689. The van der Waals surface area contributed by atoms with E-state index in [4.69, 9.17) is 0 Å². The van der Waals surface area contributed by atoms with Crippen molar-refractivity contribution in [3.8, 4) is 0 Å². The molecule has 122 valence electrons. The Morgan fingerprint density at radius 1 is 1.22 bits per heavy atom. The molecule has 2 aromatic rings. The molecule has 1 amide bonds. The van der Waals surface area contributed by atoms with Crippen molar-refractivity contribution in [1.29, 1.82) is 0 Å². The first-order chi connectivity index (χ1) is 10.8. The lowest BCUT2D eigenvalue weighted by atomic mass is 10.2. The number of halogens is 3. The van der Waals surface area contributed by atoms with E-state index in [0.717, 1.165) is 12.3 Å². The van der Waals surface area contributed by atoms with Gasteiger partial charge in [-0.15, -0.1) is 0 Å². The number of carbonyl (C=O) groups is 1. The SMILES string of the molecule is COC(=O)N(C)c1ccc(Nc2nccc(C(F)(F)F)n2)cc1. The van der Waals surface area contributed by atoms with Crippen molar-refractivity contribution >= 4 is 23.4 Å². The zero-order valence-corrected chi connectivity index (χ0v) is 12.3. The van der Waals surface area contributed by atoms with Crippen LogP contribution in [-0.2, 0) is 10.9 Å². The van der Waals surface area contributed by atoms with Crippen LogP contribution in [0.3, 0.4) is 0 Å². The highest BCUT2D eigenvalue weighted by atomic mass is 19.4. The summed E-state index contributed by atoms with van der Waals surface area (Å²) in [5, 5.41) is 2.67. The van der Waals surface area contributed by atoms with Gasteiger partial charge in [-0.05, 0) is 30.3 Å². The number of nitrogens with one attached hydrogen (secondary N) is 1. The highest BCUT2D eigenvalue weighted by Crippen LogP contribution is 2.28. The van der Waals surface area contributed by atoms with Crippen molar-refractivity contribution in [2.45, 2.75) is 6.18 Å². The van der Waals surface area contributed by atoms with E-state index >= 15 is 0 Å². The zero-order chi connectivity index (χ0) is 17.0. The van der Waals surface area contributed by atoms with Gasteiger partial charge in [0.05, 0.1) is 7.11 Å². The summed E-state index contributed by atoms with van der Waals surface area (Å²) in [6, 6.07) is 7.16. The molecule has 23 heavy (non-hydrogen) atoms. The molecular formula is C14H13F3N4O2. The van der Waals surface area contributed by atoms with Crippen molar-refractivity contribution in [3.63, 3.8) is 0 Å². The van der Waals surface area contributed by atoms with Gasteiger partial charge in [-0.2, -0.15) is 13.2 Å². The summed E-state index contributed by atoms with van der Waals surface area (Å²) in [5.74, 6) is -0.172. The summed E-state index contributed by atoms with van der Waals surface area (Å²) in [7, 11) is 2.80. The maximum absolute atomic E-state index is 12.6. The van der Waals surface area contributed by atoms with Gasteiger partial charge < -0.3 is 10.1 Å². The minimum atomic E-state index is -4.54. The van der Waals surface area contributed by atoms with Crippen LogP contribution in [0, 0.1) is 0 Å². The Hall–Kier alpha value is -2.84. The van der Waals surface area contributed by atoms with E-state index in [0.29, 0.717) is 11.4 Å². The normalized spacial score (nSPS) is 11.0. The number of rotatable bonds is 3. The lowest BCUT2D eigenvalue weighted by molar-refractivity contribution is -0.141. The molecule has 0 radical (unpaired) electrons. The number of aromatic nitrogens is 2. The Balaban J connectivity index is 2.14. The van der Waals surface area contributed by atoms with Gasteiger partial charge in [-0.1, -0.05) is 0 Å². The predicted octanol–water partition coefficient (Wildman–Crippen LogP) is 3.44. The Kier molecular flexibility index (Phi) is 4.68. The van der Waals surface area contributed by atoms with Gasteiger partial charge in [0.25, 0.3) is 0 Å². The molecule has 0 aliphatic rings. The Morgan fingerprint density at radius 3 is 2.43 bits per heavy atom. The highest BCUT2D eigenvalue weighted by molar-refractivity contribution is 5.87. The molecule has 0 aliphatic heterocycles. The van der Waals surface area contributed by atoms with Gasteiger partial charge in [-0.25, -0.2) is 14.8 Å². The molecule has 0 spiro atoms. The van der Waals surface area contributed by atoms with Crippen LogP contribution < -0.4 is 10.2 Å². The van der Waals surface area contributed by atoms with Crippen LogP contribution >= 0.6 is 0 Å². The number of carbonyl (C=O) groups excluding carboxylic acids is 1. The molecule has 0 fully saturated rings. The summed E-state index contributed by atoms with van der Waals surface area (Å²) in [6.45, 7) is 0. The second-order valence-corrected chi connectivity index (χ2v) is 4.46. The molecule has 0 atom stereocenters. The molecule has 0 bridgehead atoms. The molecule has 1 N–H and O–H groups in total. The van der Waals surface area contributed by atoms with Crippen LogP contribution in [-0.4, -0.2) is 30.2 Å². The summed E-state index contributed by atoms with van der Waals surface area (Å²) in [6.07, 6.45) is -4.05. The number of alkyl halides is 3. The van der Waals surface area contributed by atoms with Crippen LogP contribution in [0.4, 0.5) is 35.3 Å². The fourth-order valence-corrected chi connectivity index (χ4v) is 1.72. The quantitative estimate of drug-likeness (QED) is 0.936. The highest BCUT2D eigenvalue weighted by Gasteiger charge is 2.32. The maximum atomic E-state index is 12.6. The third-order valence-corrected chi connectivity index (χ3v) is 2.91. The molecule has 1 heterocycles. The molecular weight excluding hydrogens is 313 g/mol. The van der Waals surface area contributed by atoms with Gasteiger partial charge in [0, 0.05) is 24.6 Å². The van der Waals surface area contributed by atoms with Crippen LogP contribution in [0.2, 0.25) is 0 Å². The molecule has 9 heteroatoms. The molecule has 1 aromatic carbocycles. The Labute approximate surface area is 129 Å². The fourth-order valence-electron chi connectivity index (χ4n) is 1.72. The fraction of sp³-hybridized carbons (Fsp3) is 0.214. The predicted molar refractivity (Wildman–Crippen MR) is 77.6 cm³/mol. The molecule has 0 saturated carbocycles. The second kappa shape index (κ2) is 6.51. The first-order valence-electron chi connectivity index (χ1n) is 6.40. The minimum Gasteiger partial charge on any atom is -0.452 e. The summed E-state index contributed by atoms with van der Waals surface area (Å²) in [5.41, 5.74) is 0.00995. The number of benzene rings is 1. The van der Waals surface area contributed by atoms with Crippen LogP contribution in [0.1, 0.15) is 5.69 Å². The van der Waals surface area contributed by atoms with Crippen LogP contribution in [0.5, 0.6) is 0 Å². The van der Waals surface area contributed by atoms with Crippen molar-refractivity contribution in [3.05, 3.63) is 42.2 Å². The topological polar surface area (TPSA) is 67.3 Å². The van der Waals surface area contributed by atoms with E-state index in [1.54, 1.807) is 24.3 Å². The number of nitrogens with zero attached hydrogens (tertiary/aromatic N) is 3. The number of ether oxygens (including phenoxy) is 1. The smallest absolute Gasteiger partial charge is 0.433 e. The first kappa shape index (κ1) is 16.5. The van der Waals surface area contributed by atoms with E-state index in [1.807, 2.05) is 0 Å². The lowest BCUT2D eigenvalue weighted by Gasteiger charge is -2.16. The van der Waals surface area contributed by atoms with Crippen molar-refractivity contribution < 1.29 is 22.7 Å². The van der Waals surface area contributed by atoms with Crippen LogP contribution in [0.15, 0.2) is 36.5 Å². The van der Waals surface area contributed by atoms with Gasteiger partial charge in [0.15, 0.2) is 0 Å². The monoisotopic (exact) mass is 326 g/mol. The largest absolute Gasteiger partial charge is 0.452 e. The zero-order valence-electron chi connectivity index (χ0n) is 12.3. The van der Waals surface area contributed by atoms with E-state index < -0.39 is 18.0 Å². The molecule has 6 nitrogen and oxygen atoms in total. The van der Waals surface area contributed by atoms with Gasteiger partial charge in [0.2, 0.25) is 5.95 Å². The molecule has 2 rings (SSSR count). The standard InChI is InChI=1S/C14H13F3N4O2/c1-21(13(22)23-2)10-5-3-9(4-6-10)19-12-18-8-7-11(20-12)14(15,16)17/h3-8H,1-2H3,(H,18,19,20). The average Bonchev–Trinajstić information content (AvgIpc) is 2.53. The molecule has 0 unspecified atom stereocenters. The average molecular weight is 326 g/mol.